The van der Waals surface area contributed by atoms with Gasteiger partial charge in [0.25, 0.3) is 0 Å². The summed E-state index contributed by atoms with van der Waals surface area (Å²) in [6, 6.07) is 9.69. The van der Waals surface area contributed by atoms with Crippen molar-refractivity contribution in [2.24, 2.45) is 0 Å². The number of hydrogen-bond acceptors (Lipinski definition) is 4. The maximum atomic E-state index is 13.8. The minimum Gasteiger partial charge on any atom is -0.361 e. The van der Waals surface area contributed by atoms with E-state index in [1.54, 1.807) is 24.7 Å². The summed E-state index contributed by atoms with van der Waals surface area (Å²) in [5.74, 6) is 0.314. The van der Waals surface area contributed by atoms with Crippen LogP contribution in [0.15, 0.2) is 71.2 Å². The Kier molecular flexibility index (Phi) is 6.33. The highest BCUT2D eigenvalue weighted by molar-refractivity contribution is 7.99. The molecule has 0 saturated heterocycles. The first-order valence-corrected chi connectivity index (χ1v) is 11.7. The molecule has 5 aromatic rings. The highest BCUT2D eigenvalue weighted by Gasteiger charge is 2.30. The minimum atomic E-state index is -4.43. The van der Waals surface area contributed by atoms with Crippen LogP contribution in [0.4, 0.5) is 17.6 Å². The normalized spacial score (nSPS) is 12.0. The quantitative estimate of drug-likeness (QED) is 0.256. The van der Waals surface area contributed by atoms with Crippen LogP contribution in [0, 0.1) is 5.82 Å². The molecule has 0 bridgehead atoms. The van der Waals surface area contributed by atoms with E-state index in [0.29, 0.717) is 28.8 Å². The number of H-pyrrole nitrogens is 2. The van der Waals surface area contributed by atoms with Gasteiger partial charge in [-0.25, -0.2) is 9.37 Å². The maximum Gasteiger partial charge on any atom is 0.416 e. The summed E-state index contributed by atoms with van der Waals surface area (Å²) in [5.41, 5.74) is 1.94. The Hall–Kier alpha value is -3.60. The second-order valence-electron chi connectivity index (χ2n) is 8.04. The molecule has 0 aliphatic heterocycles. The summed E-state index contributed by atoms with van der Waals surface area (Å²) in [5, 5.41) is 9.88. The fourth-order valence-electron chi connectivity index (χ4n) is 3.91. The first-order valence-electron chi connectivity index (χ1n) is 10.9. The molecule has 5 rings (SSSR count). The number of imidazole rings is 1. The minimum absolute atomic E-state index is 0.333. The lowest BCUT2D eigenvalue weighted by Crippen LogP contribution is -2.07. The van der Waals surface area contributed by atoms with E-state index >= 15 is 0 Å². The fraction of sp³-hybridized carbons (Fsp3) is 0.208. The van der Waals surface area contributed by atoms with Crippen molar-refractivity contribution in [3.05, 3.63) is 89.6 Å². The Labute approximate surface area is 201 Å². The van der Waals surface area contributed by atoms with E-state index in [9.17, 15) is 17.6 Å². The molecular formula is C24H20F4N6S. The zero-order chi connectivity index (χ0) is 24.4. The van der Waals surface area contributed by atoms with Crippen molar-refractivity contribution in [3.63, 3.8) is 0 Å². The number of aryl methyl sites for hydroxylation is 1. The number of aromatic amines is 2. The van der Waals surface area contributed by atoms with Gasteiger partial charge in [0, 0.05) is 46.9 Å². The Morgan fingerprint density at radius 2 is 1.91 bits per heavy atom. The third-order valence-electron chi connectivity index (χ3n) is 5.62. The number of halogens is 4. The van der Waals surface area contributed by atoms with E-state index in [1.165, 1.54) is 18.2 Å². The van der Waals surface area contributed by atoms with E-state index in [1.807, 2.05) is 10.8 Å². The highest BCUT2D eigenvalue weighted by Crippen LogP contribution is 2.34. The van der Waals surface area contributed by atoms with Gasteiger partial charge >= 0.3 is 6.18 Å². The van der Waals surface area contributed by atoms with Crippen molar-refractivity contribution in [2.45, 2.75) is 42.0 Å². The molecule has 0 aliphatic carbocycles. The van der Waals surface area contributed by atoms with Crippen LogP contribution in [0.3, 0.4) is 0 Å². The Bertz CT molecular complexity index is 1440. The average molecular weight is 501 g/mol. The molecule has 2 N–H and O–H groups in total. The van der Waals surface area contributed by atoms with Crippen LogP contribution in [0.1, 0.15) is 29.1 Å². The van der Waals surface area contributed by atoms with Gasteiger partial charge in [0.05, 0.1) is 11.9 Å². The van der Waals surface area contributed by atoms with Crippen molar-refractivity contribution in [1.82, 2.24) is 29.7 Å². The molecule has 6 nitrogen and oxygen atoms in total. The van der Waals surface area contributed by atoms with Crippen molar-refractivity contribution >= 4 is 22.7 Å². The lowest BCUT2D eigenvalue weighted by molar-refractivity contribution is -0.137. The third kappa shape index (κ3) is 5.24. The Morgan fingerprint density at radius 1 is 1.03 bits per heavy atom. The van der Waals surface area contributed by atoms with Crippen molar-refractivity contribution in [1.29, 1.82) is 0 Å². The summed E-state index contributed by atoms with van der Waals surface area (Å²) in [6.07, 6.45) is 2.63. The number of nitrogens with zero attached hydrogens (tertiary/aromatic N) is 4. The van der Waals surface area contributed by atoms with Gasteiger partial charge in [-0.05, 0) is 66.6 Å². The molecular weight excluding hydrogens is 480 g/mol. The van der Waals surface area contributed by atoms with Gasteiger partial charge < -0.3 is 14.5 Å². The molecule has 0 unspecified atom stereocenters. The lowest BCUT2D eigenvalue weighted by atomic mass is 10.1. The first kappa shape index (κ1) is 23.2. The molecule has 3 aromatic heterocycles. The maximum absolute atomic E-state index is 13.8. The fourth-order valence-corrected chi connectivity index (χ4v) is 4.84. The lowest BCUT2D eigenvalue weighted by Gasteiger charge is -2.11. The molecule has 2 aromatic carbocycles. The zero-order valence-electron chi connectivity index (χ0n) is 18.3. The topological polar surface area (TPSA) is 75.2 Å². The molecule has 0 fully saturated rings. The number of rotatable bonds is 8. The number of aromatic nitrogens is 6. The standard InChI is InChI=1S/C24H20F4N6S/c25-17-6-7-21-20(11-17)15(12-30-21)9-22-32-33-23(34(22)8-2-4-18-13-29-14-31-18)35-19-5-1-3-16(10-19)24(26,27)28/h1,3,5-7,10-14,30H,2,4,8-9H2,(H,29,31). The van der Waals surface area contributed by atoms with E-state index in [0.717, 1.165) is 58.9 Å². The summed E-state index contributed by atoms with van der Waals surface area (Å²) < 4.78 is 55.3. The van der Waals surface area contributed by atoms with Gasteiger partial charge in [-0.15, -0.1) is 10.2 Å². The number of nitrogens with one attached hydrogen (secondary N) is 2. The average Bonchev–Trinajstić information content (AvgIpc) is 3.56. The molecule has 0 aliphatic rings. The van der Waals surface area contributed by atoms with Crippen molar-refractivity contribution in [2.75, 3.05) is 0 Å². The van der Waals surface area contributed by atoms with Gasteiger partial charge in [0.15, 0.2) is 5.16 Å². The number of fused-ring (bicyclic) bond motifs is 1. The van der Waals surface area contributed by atoms with E-state index < -0.39 is 11.7 Å². The SMILES string of the molecule is Fc1ccc2[nH]cc(Cc3nnc(Sc4cccc(C(F)(F)F)c4)n3CCCc3cnc[nH]3)c2c1. The van der Waals surface area contributed by atoms with Crippen molar-refractivity contribution in [3.8, 4) is 0 Å². The molecule has 0 amide bonds. The molecule has 35 heavy (non-hydrogen) atoms. The van der Waals surface area contributed by atoms with Gasteiger partial charge in [0.1, 0.15) is 11.6 Å². The van der Waals surface area contributed by atoms with Gasteiger partial charge in [-0.2, -0.15) is 13.2 Å². The van der Waals surface area contributed by atoms with Crippen molar-refractivity contribution < 1.29 is 17.6 Å². The number of benzene rings is 2. The predicted molar refractivity (Wildman–Crippen MR) is 124 cm³/mol. The van der Waals surface area contributed by atoms with E-state index in [4.69, 9.17) is 0 Å². The number of alkyl halides is 3. The second kappa shape index (κ2) is 9.57. The summed E-state index contributed by atoms with van der Waals surface area (Å²) in [4.78, 5) is 10.6. The summed E-state index contributed by atoms with van der Waals surface area (Å²) in [7, 11) is 0. The van der Waals surface area contributed by atoms with Crippen LogP contribution in [0.2, 0.25) is 0 Å². The van der Waals surface area contributed by atoms with Gasteiger partial charge in [-0.3, -0.25) is 0 Å². The Balaban J connectivity index is 1.44. The molecule has 0 spiro atoms. The molecule has 3 heterocycles. The van der Waals surface area contributed by atoms with E-state index in [-0.39, 0.29) is 5.82 Å². The van der Waals surface area contributed by atoms with E-state index in [2.05, 4.69) is 25.1 Å². The van der Waals surface area contributed by atoms with Crippen LogP contribution in [0.25, 0.3) is 10.9 Å². The Morgan fingerprint density at radius 3 is 2.71 bits per heavy atom. The molecule has 0 saturated carbocycles. The largest absolute Gasteiger partial charge is 0.416 e. The second-order valence-corrected chi connectivity index (χ2v) is 9.08. The molecule has 0 atom stereocenters. The smallest absolute Gasteiger partial charge is 0.361 e. The third-order valence-corrected chi connectivity index (χ3v) is 6.60. The summed E-state index contributed by atoms with van der Waals surface area (Å²) in [6.45, 7) is 0.555. The molecule has 0 radical (unpaired) electrons. The predicted octanol–water partition coefficient (Wildman–Crippen LogP) is 6.02. The van der Waals surface area contributed by atoms with Crippen LogP contribution < -0.4 is 0 Å². The summed E-state index contributed by atoms with van der Waals surface area (Å²) >= 11 is 1.13. The molecule has 11 heteroatoms. The first-order chi connectivity index (χ1) is 16.9. The number of hydrogen-bond donors (Lipinski definition) is 2. The van der Waals surface area contributed by atoms with Gasteiger partial charge in [0.2, 0.25) is 0 Å². The zero-order valence-corrected chi connectivity index (χ0v) is 19.1. The van der Waals surface area contributed by atoms with Gasteiger partial charge in [-0.1, -0.05) is 6.07 Å². The molecule has 180 valence electrons. The van der Waals surface area contributed by atoms with Crippen LogP contribution in [0.5, 0.6) is 0 Å². The van der Waals surface area contributed by atoms with Crippen LogP contribution in [-0.4, -0.2) is 29.7 Å². The van der Waals surface area contributed by atoms with Crippen LogP contribution >= 0.6 is 11.8 Å². The van der Waals surface area contributed by atoms with Crippen LogP contribution in [-0.2, 0) is 25.6 Å². The highest BCUT2D eigenvalue weighted by atomic mass is 32.2. The monoisotopic (exact) mass is 500 g/mol.